The molecule has 1 aliphatic rings. The monoisotopic (exact) mass is 655 g/mol. The molecule has 1 aliphatic heterocycles. The number of anilines is 2. The van der Waals surface area contributed by atoms with E-state index in [1.165, 1.54) is 12.1 Å². The van der Waals surface area contributed by atoms with Crippen molar-refractivity contribution in [2.75, 3.05) is 23.7 Å². The molecule has 0 aliphatic carbocycles. The van der Waals surface area contributed by atoms with Crippen molar-refractivity contribution < 1.29 is 29.0 Å². The fraction of sp³-hybridized carbons (Fsp3) is 0.286. The first-order chi connectivity index (χ1) is 22.4. The minimum Gasteiger partial charge on any atom is -0.476 e. The van der Waals surface area contributed by atoms with E-state index >= 15 is 0 Å². The second kappa shape index (κ2) is 14.0. The van der Waals surface area contributed by atoms with Crippen molar-refractivity contribution in [3.63, 3.8) is 0 Å². The van der Waals surface area contributed by atoms with Crippen molar-refractivity contribution in [1.29, 1.82) is 0 Å². The van der Waals surface area contributed by atoms with Gasteiger partial charge in [0, 0.05) is 52.6 Å². The third kappa shape index (κ3) is 7.95. The molecule has 244 valence electrons. The van der Waals surface area contributed by atoms with Crippen molar-refractivity contribution in [3.8, 4) is 21.6 Å². The Morgan fingerprint density at radius 3 is 2.43 bits per heavy atom. The van der Waals surface area contributed by atoms with Gasteiger partial charge in [-0.3, -0.25) is 9.59 Å². The third-order valence-corrected chi connectivity index (χ3v) is 8.30. The number of thiophene rings is 1. The molecule has 0 spiro atoms. The number of alkyl carbamates (subject to hydrolysis) is 1. The van der Waals surface area contributed by atoms with E-state index in [0.717, 1.165) is 33.7 Å². The van der Waals surface area contributed by atoms with Crippen LogP contribution in [0, 0.1) is 0 Å². The average Bonchev–Trinajstić information content (AvgIpc) is 3.43. The van der Waals surface area contributed by atoms with Crippen LogP contribution in [0.4, 0.5) is 16.2 Å². The lowest BCUT2D eigenvalue weighted by atomic mass is 9.93. The van der Waals surface area contributed by atoms with Crippen molar-refractivity contribution in [3.05, 3.63) is 88.1 Å². The highest BCUT2D eigenvalue weighted by Gasteiger charge is 2.26. The lowest BCUT2D eigenvalue weighted by molar-refractivity contribution is 0.0522. The summed E-state index contributed by atoms with van der Waals surface area (Å²) in [5.74, 6) is -2.25. The molecule has 12 heteroatoms. The van der Waals surface area contributed by atoms with Gasteiger partial charge in [0.15, 0.2) is 5.69 Å². The first-order valence-corrected chi connectivity index (χ1v) is 16.2. The van der Waals surface area contributed by atoms with Gasteiger partial charge in [0.25, 0.3) is 11.8 Å². The molecule has 0 bridgehead atoms. The van der Waals surface area contributed by atoms with E-state index < -0.39 is 29.5 Å². The van der Waals surface area contributed by atoms with Gasteiger partial charge in [-0.05, 0) is 98.1 Å². The number of hydrogen-bond acceptors (Lipinski definition) is 8. The minimum atomic E-state index is -1.32. The Kier molecular flexibility index (Phi) is 9.90. The van der Waals surface area contributed by atoms with Crippen LogP contribution in [0.25, 0.3) is 21.6 Å². The van der Waals surface area contributed by atoms with Crippen molar-refractivity contribution in [1.82, 2.24) is 15.6 Å². The van der Waals surface area contributed by atoms with Gasteiger partial charge >= 0.3 is 12.1 Å². The van der Waals surface area contributed by atoms with Crippen LogP contribution < -0.4 is 21.3 Å². The zero-order valence-electron chi connectivity index (χ0n) is 26.7. The number of hydrogen-bond donors (Lipinski definition) is 5. The Morgan fingerprint density at radius 1 is 0.957 bits per heavy atom. The largest absolute Gasteiger partial charge is 0.476 e. The van der Waals surface area contributed by atoms with E-state index in [1.54, 1.807) is 68.5 Å². The van der Waals surface area contributed by atoms with Gasteiger partial charge in [0.05, 0.1) is 0 Å². The number of amides is 3. The number of carbonyl (C=O) groups excluding carboxylic acids is 3. The van der Waals surface area contributed by atoms with Gasteiger partial charge in [-0.15, -0.1) is 11.3 Å². The number of aromatic nitrogens is 1. The highest BCUT2D eigenvalue weighted by molar-refractivity contribution is 7.13. The number of fused-ring (bicyclic) bond motifs is 3. The van der Waals surface area contributed by atoms with Crippen LogP contribution in [0.1, 0.15) is 76.6 Å². The van der Waals surface area contributed by atoms with Crippen molar-refractivity contribution in [2.45, 2.75) is 52.7 Å². The fourth-order valence-corrected chi connectivity index (χ4v) is 6.12. The summed E-state index contributed by atoms with van der Waals surface area (Å²) in [5.41, 5.74) is 3.91. The Bertz CT molecular complexity index is 1830. The van der Waals surface area contributed by atoms with Crippen LogP contribution in [-0.2, 0) is 17.7 Å². The number of aromatic carboxylic acids is 1. The molecule has 3 amide bonds. The van der Waals surface area contributed by atoms with Crippen LogP contribution in [-0.4, -0.2) is 52.7 Å². The normalized spacial score (nSPS) is 12.1. The Hall–Kier alpha value is -5.23. The molecule has 3 heterocycles. The number of carbonyl (C=O) groups is 4. The Balaban J connectivity index is 1.50. The van der Waals surface area contributed by atoms with E-state index in [1.807, 2.05) is 12.3 Å². The van der Waals surface area contributed by atoms with E-state index in [0.29, 0.717) is 30.8 Å². The molecule has 47 heavy (non-hydrogen) atoms. The molecule has 5 N–H and O–H groups in total. The van der Waals surface area contributed by atoms with Crippen molar-refractivity contribution in [2.24, 2.45) is 0 Å². The molecule has 11 nitrogen and oxygen atoms in total. The summed E-state index contributed by atoms with van der Waals surface area (Å²) in [4.78, 5) is 56.4. The molecule has 5 rings (SSSR count). The van der Waals surface area contributed by atoms with Gasteiger partial charge in [0.1, 0.15) is 11.3 Å². The highest BCUT2D eigenvalue weighted by Crippen LogP contribution is 2.42. The molecule has 4 aromatic rings. The summed E-state index contributed by atoms with van der Waals surface area (Å²) in [7, 11) is 0. The quantitative estimate of drug-likeness (QED) is 0.136. The lowest BCUT2D eigenvalue weighted by Crippen LogP contribution is -2.32. The maximum Gasteiger partial charge on any atom is 0.407 e. The summed E-state index contributed by atoms with van der Waals surface area (Å²) >= 11 is 1.58. The first-order valence-electron chi connectivity index (χ1n) is 15.3. The predicted molar refractivity (Wildman–Crippen MR) is 182 cm³/mol. The van der Waals surface area contributed by atoms with E-state index in [-0.39, 0.29) is 29.1 Å². The number of carboxylic acids is 1. The van der Waals surface area contributed by atoms with E-state index in [4.69, 9.17) is 4.74 Å². The molecular weight excluding hydrogens is 618 g/mol. The SMILES string of the molecule is CCCNC(=O)c1ccc(-c2cc3c(cc2C(=O)Nc2ccc(CNC(=O)OC(C)(C)C)cc2)-c2sccc2CCN3)c(C(=O)O)n1. The molecule has 2 aromatic heterocycles. The van der Waals surface area contributed by atoms with Crippen LogP contribution in [0.2, 0.25) is 0 Å². The van der Waals surface area contributed by atoms with Gasteiger partial charge < -0.3 is 31.1 Å². The average molecular weight is 656 g/mol. The molecule has 0 atom stereocenters. The lowest BCUT2D eigenvalue weighted by Gasteiger charge is -2.19. The van der Waals surface area contributed by atoms with Gasteiger partial charge in [-0.25, -0.2) is 14.6 Å². The Morgan fingerprint density at radius 2 is 1.72 bits per heavy atom. The zero-order chi connectivity index (χ0) is 33.7. The second-order valence-corrected chi connectivity index (χ2v) is 13.0. The topological polar surface area (TPSA) is 159 Å². The van der Waals surface area contributed by atoms with Crippen LogP contribution in [0.15, 0.2) is 60.0 Å². The second-order valence-electron chi connectivity index (χ2n) is 12.1. The van der Waals surface area contributed by atoms with Gasteiger partial charge in [-0.2, -0.15) is 0 Å². The van der Waals surface area contributed by atoms with Gasteiger partial charge in [0.2, 0.25) is 0 Å². The molecule has 0 unspecified atom stereocenters. The third-order valence-electron chi connectivity index (χ3n) is 7.31. The van der Waals surface area contributed by atoms with Crippen molar-refractivity contribution >= 4 is 46.6 Å². The molecule has 0 saturated carbocycles. The van der Waals surface area contributed by atoms with Crippen LogP contribution >= 0.6 is 11.3 Å². The number of ether oxygens (including phenoxy) is 1. The van der Waals surface area contributed by atoms with Crippen LogP contribution in [0.5, 0.6) is 0 Å². The molecule has 0 radical (unpaired) electrons. The van der Waals surface area contributed by atoms with E-state index in [2.05, 4.69) is 32.3 Å². The fourth-order valence-electron chi connectivity index (χ4n) is 5.13. The summed E-state index contributed by atoms with van der Waals surface area (Å²) in [6, 6.07) is 15.6. The maximum absolute atomic E-state index is 14.0. The van der Waals surface area contributed by atoms with Crippen LogP contribution in [0.3, 0.4) is 0 Å². The Labute approximate surface area is 276 Å². The molecular formula is C35H37N5O6S. The summed E-state index contributed by atoms with van der Waals surface area (Å²) in [6.07, 6.45) is 0.982. The summed E-state index contributed by atoms with van der Waals surface area (Å²) < 4.78 is 5.28. The number of pyridine rings is 1. The van der Waals surface area contributed by atoms with E-state index in [9.17, 15) is 24.3 Å². The maximum atomic E-state index is 14.0. The standard InChI is InChI=1S/C35H37N5O6S/c1-5-14-37-32(42)27-11-10-23(29(40-27)33(43)44)24-18-28-26(30-21(12-15-36-28)13-16-47-30)17-25(24)31(41)39-22-8-6-20(7-9-22)19-38-34(45)46-35(2,3)4/h6-11,13,16-18,36H,5,12,14-15,19H2,1-4H3,(H,37,42)(H,38,45)(H,39,41)(H,43,44). The zero-order valence-corrected chi connectivity index (χ0v) is 27.5. The smallest absolute Gasteiger partial charge is 0.407 e. The predicted octanol–water partition coefficient (Wildman–Crippen LogP) is 6.56. The van der Waals surface area contributed by atoms with Gasteiger partial charge in [-0.1, -0.05) is 19.1 Å². The molecule has 0 fully saturated rings. The minimum absolute atomic E-state index is 0.0250. The highest BCUT2D eigenvalue weighted by atomic mass is 32.1. The molecule has 2 aromatic carbocycles. The number of nitrogens with one attached hydrogen (secondary N) is 4. The number of benzene rings is 2. The number of nitrogens with zero attached hydrogens (tertiary/aromatic N) is 1. The first kappa shape index (κ1) is 33.1. The summed E-state index contributed by atoms with van der Waals surface area (Å²) in [5, 5.41) is 24.0. The number of rotatable bonds is 9. The molecule has 0 saturated heterocycles. The number of carboxylic acid groups (broad SMARTS) is 1. The summed E-state index contributed by atoms with van der Waals surface area (Å²) in [6.45, 7) is 8.61.